The largest absolute Gasteiger partial charge is 0.504 e. The van der Waals surface area contributed by atoms with Crippen LogP contribution in [0.5, 0.6) is 11.5 Å². The van der Waals surface area contributed by atoms with Crippen molar-refractivity contribution in [2.24, 2.45) is 0 Å². The zero-order valence-electron chi connectivity index (χ0n) is 14.2. The van der Waals surface area contributed by atoms with Crippen molar-refractivity contribution in [3.8, 4) is 11.5 Å². The standard InChI is InChI=1S/C19H18N2O3S2/c1-3-5-12-8-11(9-13(16(12)22)24-4-2)10-14-17(23)15(18(20)26-14)19-21-6-7-25-19/h3,6-10,15,20,22H,1,4-5H2,2H3/b14-10-,20-18?/t15-/m1/s1. The van der Waals surface area contributed by atoms with Gasteiger partial charge in [-0.2, -0.15) is 0 Å². The number of benzene rings is 1. The molecule has 0 bridgehead atoms. The van der Waals surface area contributed by atoms with Crippen LogP contribution in [0.2, 0.25) is 0 Å². The molecule has 134 valence electrons. The van der Waals surface area contributed by atoms with Crippen LogP contribution in [0.3, 0.4) is 0 Å². The van der Waals surface area contributed by atoms with E-state index in [0.29, 0.717) is 34.3 Å². The molecule has 0 saturated carbocycles. The first-order valence-corrected chi connectivity index (χ1v) is 9.76. The number of phenols is 1. The molecule has 1 aliphatic heterocycles. The number of thiazole rings is 1. The fourth-order valence-electron chi connectivity index (χ4n) is 2.69. The number of aromatic nitrogens is 1. The zero-order valence-corrected chi connectivity index (χ0v) is 15.8. The lowest BCUT2D eigenvalue weighted by molar-refractivity contribution is -0.114. The maximum atomic E-state index is 12.7. The summed E-state index contributed by atoms with van der Waals surface area (Å²) in [5, 5.41) is 21.2. The number of allylic oxidation sites excluding steroid dienone is 2. The highest BCUT2D eigenvalue weighted by Crippen LogP contribution is 2.42. The Bertz CT molecular complexity index is 888. The fourth-order valence-corrected chi connectivity index (χ4v) is 4.50. The molecule has 2 N–H and O–H groups in total. The predicted molar refractivity (Wildman–Crippen MR) is 106 cm³/mol. The Hall–Kier alpha value is -2.38. The Morgan fingerprint density at radius 2 is 2.27 bits per heavy atom. The molecule has 0 amide bonds. The molecule has 0 radical (unpaired) electrons. The highest BCUT2D eigenvalue weighted by Gasteiger charge is 2.38. The number of nitrogens with one attached hydrogen (secondary N) is 1. The Balaban J connectivity index is 1.98. The number of ketones is 1. The third-order valence-electron chi connectivity index (χ3n) is 3.82. The highest BCUT2D eigenvalue weighted by molar-refractivity contribution is 8.19. The van der Waals surface area contributed by atoms with Gasteiger partial charge >= 0.3 is 0 Å². The second kappa shape index (κ2) is 7.88. The molecule has 1 saturated heterocycles. The Labute approximate surface area is 159 Å². The molecule has 0 spiro atoms. The number of phenolic OH excluding ortho intramolecular Hbond substituents is 1. The summed E-state index contributed by atoms with van der Waals surface area (Å²) in [6.07, 6.45) is 5.57. The second-order valence-corrected chi connectivity index (χ2v) is 7.61. The van der Waals surface area contributed by atoms with Crippen LogP contribution in [-0.2, 0) is 11.2 Å². The van der Waals surface area contributed by atoms with Gasteiger partial charge in [0.25, 0.3) is 0 Å². The molecular formula is C19H18N2O3S2. The van der Waals surface area contributed by atoms with Crippen molar-refractivity contribution in [2.45, 2.75) is 19.3 Å². The van der Waals surface area contributed by atoms with Crippen molar-refractivity contribution in [2.75, 3.05) is 6.61 Å². The first-order chi connectivity index (χ1) is 12.5. The minimum atomic E-state index is -0.609. The van der Waals surface area contributed by atoms with Gasteiger partial charge in [0.2, 0.25) is 0 Å². The van der Waals surface area contributed by atoms with Gasteiger partial charge in [0.05, 0.1) is 16.6 Å². The molecule has 1 fully saturated rings. The number of nitrogens with zero attached hydrogens (tertiary/aromatic N) is 1. The van der Waals surface area contributed by atoms with Crippen LogP contribution in [0.4, 0.5) is 0 Å². The van der Waals surface area contributed by atoms with Crippen molar-refractivity contribution in [1.29, 1.82) is 5.41 Å². The van der Waals surface area contributed by atoms with Gasteiger partial charge in [-0.15, -0.1) is 17.9 Å². The Morgan fingerprint density at radius 3 is 2.92 bits per heavy atom. The maximum absolute atomic E-state index is 12.7. The average Bonchev–Trinajstić information content (AvgIpc) is 3.21. The van der Waals surface area contributed by atoms with E-state index in [1.54, 1.807) is 35.9 Å². The average molecular weight is 386 g/mol. The van der Waals surface area contributed by atoms with Crippen molar-refractivity contribution in [1.82, 2.24) is 4.98 Å². The van der Waals surface area contributed by atoms with Gasteiger partial charge < -0.3 is 9.84 Å². The predicted octanol–water partition coefficient (Wildman–Crippen LogP) is 4.39. The topological polar surface area (TPSA) is 83.3 Å². The molecule has 1 atom stereocenters. The molecule has 2 aromatic rings. The lowest BCUT2D eigenvalue weighted by Crippen LogP contribution is -2.11. The van der Waals surface area contributed by atoms with E-state index in [9.17, 15) is 9.90 Å². The number of aromatic hydroxyl groups is 1. The number of Topliss-reactive ketones (excluding diaryl/α,β-unsaturated/α-hetero) is 1. The molecule has 0 unspecified atom stereocenters. The molecule has 26 heavy (non-hydrogen) atoms. The number of hydrogen-bond donors (Lipinski definition) is 2. The summed E-state index contributed by atoms with van der Waals surface area (Å²) >= 11 is 2.53. The minimum Gasteiger partial charge on any atom is -0.504 e. The molecule has 2 heterocycles. The van der Waals surface area contributed by atoms with E-state index in [1.807, 2.05) is 6.92 Å². The number of carbonyl (C=O) groups excluding carboxylic acids is 1. The van der Waals surface area contributed by atoms with Gasteiger partial charge in [0.1, 0.15) is 10.9 Å². The number of hydrogen-bond acceptors (Lipinski definition) is 7. The van der Waals surface area contributed by atoms with Gasteiger partial charge in [-0.25, -0.2) is 4.98 Å². The quantitative estimate of drug-likeness (QED) is 0.568. The summed E-state index contributed by atoms with van der Waals surface area (Å²) in [4.78, 5) is 17.4. The van der Waals surface area contributed by atoms with Crippen LogP contribution in [-0.4, -0.2) is 27.5 Å². The number of thioether (sulfide) groups is 1. The molecule has 3 rings (SSSR count). The van der Waals surface area contributed by atoms with E-state index in [0.717, 1.165) is 17.3 Å². The smallest absolute Gasteiger partial charge is 0.186 e. The van der Waals surface area contributed by atoms with Gasteiger partial charge in [0.15, 0.2) is 17.3 Å². The van der Waals surface area contributed by atoms with Crippen LogP contribution in [0.1, 0.15) is 29.0 Å². The first kappa shape index (κ1) is 18.4. The normalized spacial score (nSPS) is 18.5. The summed E-state index contributed by atoms with van der Waals surface area (Å²) in [5.41, 5.74) is 1.42. The lowest BCUT2D eigenvalue weighted by Gasteiger charge is -2.11. The third kappa shape index (κ3) is 3.59. The first-order valence-electron chi connectivity index (χ1n) is 8.06. The van der Waals surface area contributed by atoms with Crippen LogP contribution in [0, 0.1) is 5.41 Å². The van der Waals surface area contributed by atoms with E-state index < -0.39 is 5.92 Å². The summed E-state index contributed by atoms with van der Waals surface area (Å²) in [6.45, 7) is 5.97. The van der Waals surface area contributed by atoms with E-state index in [2.05, 4.69) is 11.6 Å². The van der Waals surface area contributed by atoms with E-state index in [1.165, 1.54) is 11.3 Å². The van der Waals surface area contributed by atoms with Gasteiger partial charge in [0, 0.05) is 17.1 Å². The van der Waals surface area contributed by atoms with Crippen molar-refractivity contribution < 1.29 is 14.6 Å². The molecule has 1 aromatic heterocycles. The van der Waals surface area contributed by atoms with Gasteiger partial charge in [-0.3, -0.25) is 10.2 Å². The van der Waals surface area contributed by atoms with Crippen LogP contribution < -0.4 is 4.74 Å². The molecular weight excluding hydrogens is 368 g/mol. The minimum absolute atomic E-state index is 0.0905. The van der Waals surface area contributed by atoms with Crippen LogP contribution >= 0.6 is 23.1 Å². The second-order valence-electron chi connectivity index (χ2n) is 5.60. The van der Waals surface area contributed by atoms with Crippen molar-refractivity contribution in [3.05, 3.63) is 57.4 Å². The summed E-state index contributed by atoms with van der Waals surface area (Å²) in [6, 6.07) is 3.51. The summed E-state index contributed by atoms with van der Waals surface area (Å²) < 4.78 is 5.50. The van der Waals surface area contributed by atoms with Crippen LogP contribution in [0.25, 0.3) is 6.08 Å². The van der Waals surface area contributed by atoms with Crippen molar-refractivity contribution in [3.63, 3.8) is 0 Å². The Morgan fingerprint density at radius 1 is 1.46 bits per heavy atom. The summed E-state index contributed by atoms with van der Waals surface area (Å²) in [7, 11) is 0. The molecule has 5 nitrogen and oxygen atoms in total. The monoisotopic (exact) mass is 386 g/mol. The lowest BCUT2D eigenvalue weighted by atomic mass is 10.0. The molecule has 1 aliphatic rings. The molecule has 0 aliphatic carbocycles. The summed E-state index contributed by atoms with van der Waals surface area (Å²) in [5.74, 6) is -0.262. The van der Waals surface area contributed by atoms with E-state index >= 15 is 0 Å². The maximum Gasteiger partial charge on any atom is 0.186 e. The number of ether oxygens (including phenoxy) is 1. The van der Waals surface area contributed by atoms with Gasteiger partial charge in [-0.05, 0) is 37.1 Å². The SMILES string of the molecule is C=CCc1cc(/C=C2\SC(=N)[C@H](c3nccs3)C2=O)cc(OCC)c1O. The van der Waals surface area contributed by atoms with E-state index in [4.69, 9.17) is 10.1 Å². The molecule has 7 heteroatoms. The van der Waals surface area contributed by atoms with E-state index in [-0.39, 0.29) is 16.6 Å². The Kier molecular flexibility index (Phi) is 5.58. The van der Waals surface area contributed by atoms with Gasteiger partial charge in [-0.1, -0.05) is 17.8 Å². The third-order valence-corrected chi connectivity index (χ3v) is 5.66. The number of rotatable bonds is 6. The zero-order chi connectivity index (χ0) is 18.7. The fraction of sp³-hybridized carbons (Fsp3) is 0.211. The van der Waals surface area contributed by atoms with Crippen molar-refractivity contribution >= 4 is 40.0 Å². The molecule has 1 aromatic carbocycles. The van der Waals surface area contributed by atoms with Crippen LogP contribution in [0.15, 0.2) is 41.3 Å². The highest BCUT2D eigenvalue weighted by atomic mass is 32.2. The number of carbonyl (C=O) groups is 1.